The number of methoxy groups -OCH3 is 1. The fraction of sp³-hybridized carbons (Fsp3) is 0.167. The lowest BCUT2D eigenvalue weighted by atomic mass is 10.0. The van der Waals surface area contributed by atoms with Gasteiger partial charge in [0.15, 0.2) is 0 Å². The zero-order valence-electron chi connectivity index (χ0n) is 9.61. The molecule has 1 atom stereocenters. The van der Waals surface area contributed by atoms with Gasteiger partial charge < -0.3 is 4.74 Å². The number of hydrazine groups is 1. The number of nitrogens with one attached hydrogen (secondary N) is 1. The van der Waals surface area contributed by atoms with Gasteiger partial charge >= 0.3 is 0 Å². The highest BCUT2D eigenvalue weighted by Gasteiger charge is 2.19. The second-order valence-electron chi connectivity index (χ2n) is 3.65. The summed E-state index contributed by atoms with van der Waals surface area (Å²) < 4.78 is 19.6. The Morgan fingerprint density at radius 3 is 2.78 bits per heavy atom. The molecule has 6 heteroatoms. The van der Waals surface area contributed by atoms with Crippen molar-refractivity contribution in [3.63, 3.8) is 0 Å². The molecule has 0 fully saturated rings. The van der Waals surface area contributed by atoms with Crippen LogP contribution < -0.4 is 16.0 Å². The van der Waals surface area contributed by atoms with Crippen molar-refractivity contribution in [2.45, 2.75) is 6.04 Å². The first-order valence-electron chi connectivity index (χ1n) is 5.19. The van der Waals surface area contributed by atoms with Crippen LogP contribution in [0, 0.1) is 5.82 Å². The number of benzene rings is 1. The molecule has 0 aliphatic carbocycles. The van der Waals surface area contributed by atoms with E-state index in [9.17, 15) is 4.39 Å². The second-order valence-corrected chi connectivity index (χ2v) is 5.51. The minimum Gasteiger partial charge on any atom is -0.496 e. The monoisotopic (exact) mass is 330 g/mol. The molecule has 0 aliphatic heterocycles. The summed E-state index contributed by atoms with van der Waals surface area (Å²) >= 11 is 4.92. The summed E-state index contributed by atoms with van der Waals surface area (Å²) in [5.74, 6) is 5.87. The van der Waals surface area contributed by atoms with E-state index in [2.05, 4.69) is 21.4 Å². The van der Waals surface area contributed by atoms with Crippen LogP contribution in [-0.2, 0) is 0 Å². The normalized spacial score (nSPS) is 12.4. The van der Waals surface area contributed by atoms with Crippen LogP contribution in [0.2, 0.25) is 0 Å². The third-order valence-electron chi connectivity index (χ3n) is 2.54. The highest BCUT2D eigenvalue weighted by atomic mass is 79.9. The largest absolute Gasteiger partial charge is 0.496 e. The Morgan fingerprint density at radius 1 is 1.44 bits per heavy atom. The molecule has 0 bridgehead atoms. The molecule has 2 rings (SSSR count). The summed E-state index contributed by atoms with van der Waals surface area (Å²) in [5.41, 5.74) is 3.37. The third-order valence-corrected chi connectivity index (χ3v) is 4.30. The lowest BCUT2D eigenvalue weighted by Crippen LogP contribution is -2.28. The molecule has 3 nitrogen and oxygen atoms in total. The zero-order chi connectivity index (χ0) is 13.1. The summed E-state index contributed by atoms with van der Waals surface area (Å²) in [6.07, 6.45) is 0. The van der Waals surface area contributed by atoms with E-state index in [1.165, 1.54) is 23.5 Å². The fourth-order valence-electron chi connectivity index (χ4n) is 1.74. The van der Waals surface area contributed by atoms with Crippen molar-refractivity contribution in [3.05, 3.63) is 50.4 Å². The molecule has 1 unspecified atom stereocenters. The molecule has 1 heterocycles. The molecule has 0 aliphatic rings. The van der Waals surface area contributed by atoms with Gasteiger partial charge in [0.1, 0.15) is 11.6 Å². The van der Waals surface area contributed by atoms with Crippen molar-refractivity contribution in [2.75, 3.05) is 7.11 Å². The number of hydrogen-bond donors (Lipinski definition) is 2. The molecule has 96 valence electrons. The van der Waals surface area contributed by atoms with Gasteiger partial charge in [0, 0.05) is 20.3 Å². The predicted molar refractivity (Wildman–Crippen MR) is 74.1 cm³/mol. The smallest absolute Gasteiger partial charge is 0.124 e. The summed E-state index contributed by atoms with van der Waals surface area (Å²) in [4.78, 5) is 0.980. The van der Waals surface area contributed by atoms with Crippen molar-refractivity contribution in [3.8, 4) is 5.75 Å². The molecule has 0 spiro atoms. The predicted octanol–water partition coefficient (Wildman–Crippen LogP) is 3.21. The summed E-state index contributed by atoms with van der Waals surface area (Å²) in [7, 11) is 1.55. The van der Waals surface area contributed by atoms with Crippen LogP contribution in [0.5, 0.6) is 5.75 Å². The molecule has 0 radical (unpaired) electrons. The lowest BCUT2D eigenvalue weighted by molar-refractivity contribution is 0.403. The van der Waals surface area contributed by atoms with E-state index in [1.54, 1.807) is 13.2 Å². The first-order chi connectivity index (χ1) is 8.65. The van der Waals surface area contributed by atoms with Gasteiger partial charge in [-0.15, -0.1) is 11.3 Å². The van der Waals surface area contributed by atoms with Gasteiger partial charge in [-0.2, -0.15) is 0 Å². The maximum Gasteiger partial charge on any atom is 0.124 e. The Labute approximate surface area is 117 Å². The molecule has 0 amide bonds. The van der Waals surface area contributed by atoms with E-state index in [-0.39, 0.29) is 11.9 Å². The van der Waals surface area contributed by atoms with E-state index in [0.717, 1.165) is 9.35 Å². The van der Waals surface area contributed by atoms with Gasteiger partial charge in [0.25, 0.3) is 0 Å². The number of ether oxygens (including phenoxy) is 1. The van der Waals surface area contributed by atoms with Crippen LogP contribution in [0.1, 0.15) is 16.5 Å². The molecular formula is C12H12BrFN2OS. The van der Waals surface area contributed by atoms with Crippen molar-refractivity contribution >= 4 is 27.3 Å². The Hall–Kier alpha value is -0.950. The van der Waals surface area contributed by atoms with Gasteiger partial charge in [-0.25, -0.2) is 9.82 Å². The highest BCUT2D eigenvalue weighted by Crippen LogP contribution is 2.34. The average Bonchev–Trinajstić information content (AvgIpc) is 2.77. The van der Waals surface area contributed by atoms with Gasteiger partial charge in [0.05, 0.1) is 13.2 Å². The van der Waals surface area contributed by atoms with Gasteiger partial charge in [-0.1, -0.05) is 0 Å². The maximum absolute atomic E-state index is 13.4. The van der Waals surface area contributed by atoms with Gasteiger partial charge in [0.2, 0.25) is 0 Å². The molecular weight excluding hydrogens is 319 g/mol. The van der Waals surface area contributed by atoms with E-state index in [4.69, 9.17) is 10.6 Å². The first-order valence-corrected chi connectivity index (χ1v) is 6.86. The highest BCUT2D eigenvalue weighted by molar-refractivity contribution is 9.10. The van der Waals surface area contributed by atoms with Crippen molar-refractivity contribution < 1.29 is 9.13 Å². The quantitative estimate of drug-likeness (QED) is 0.668. The standard InChI is InChI=1S/C12H12BrFN2OS/c1-17-10-3-2-8(14)5-9(10)12(16-15)11-4-7(13)6-18-11/h2-6,12,16H,15H2,1H3. The molecule has 2 aromatic rings. The summed E-state index contributed by atoms with van der Waals surface area (Å²) in [6, 6.07) is 6.03. The van der Waals surface area contributed by atoms with Crippen LogP contribution in [0.25, 0.3) is 0 Å². The Balaban J connectivity index is 2.47. The Kier molecular flexibility index (Phi) is 4.34. The molecule has 0 saturated heterocycles. The number of hydrogen-bond acceptors (Lipinski definition) is 4. The SMILES string of the molecule is COc1ccc(F)cc1C(NN)c1cc(Br)cs1. The van der Waals surface area contributed by atoms with Gasteiger partial charge in [-0.05, 0) is 40.2 Å². The van der Waals surface area contributed by atoms with Crippen LogP contribution >= 0.6 is 27.3 Å². The van der Waals surface area contributed by atoms with Crippen molar-refractivity contribution in [2.24, 2.45) is 5.84 Å². The Morgan fingerprint density at radius 2 is 2.22 bits per heavy atom. The topological polar surface area (TPSA) is 47.3 Å². The van der Waals surface area contributed by atoms with Crippen LogP contribution in [0.3, 0.4) is 0 Å². The zero-order valence-corrected chi connectivity index (χ0v) is 12.0. The summed E-state index contributed by atoms with van der Waals surface area (Å²) in [6.45, 7) is 0. The number of thiophene rings is 1. The first kappa shape index (κ1) is 13.5. The van der Waals surface area contributed by atoms with Gasteiger partial charge in [-0.3, -0.25) is 5.84 Å². The molecule has 1 aromatic carbocycles. The van der Waals surface area contributed by atoms with Crippen LogP contribution in [0.15, 0.2) is 34.1 Å². The molecule has 0 saturated carbocycles. The minimum atomic E-state index is -0.318. The second kappa shape index (κ2) is 5.79. The summed E-state index contributed by atoms with van der Waals surface area (Å²) in [5, 5.41) is 1.95. The van der Waals surface area contributed by atoms with E-state index >= 15 is 0 Å². The fourth-order valence-corrected chi connectivity index (χ4v) is 3.26. The number of halogens is 2. The molecule has 1 aromatic heterocycles. The van der Waals surface area contributed by atoms with Crippen LogP contribution in [0.4, 0.5) is 4.39 Å². The molecule has 3 N–H and O–H groups in total. The molecule has 18 heavy (non-hydrogen) atoms. The number of nitrogens with two attached hydrogens (primary N) is 1. The Bertz CT molecular complexity index is 547. The van der Waals surface area contributed by atoms with Crippen molar-refractivity contribution in [1.82, 2.24) is 5.43 Å². The van der Waals surface area contributed by atoms with Crippen LogP contribution in [-0.4, -0.2) is 7.11 Å². The minimum absolute atomic E-state index is 0.299. The lowest BCUT2D eigenvalue weighted by Gasteiger charge is -2.17. The van der Waals surface area contributed by atoms with E-state index in [1.807, 2.05) is 11.4 Å². The van der Waals surface area contributed by atoms with Crippen molar-refractivity contribution in [1.29, 1.82) is 0 Å². The maximum atomic E-state index is 13.4. The average molecular weight is 331 g/mol. The van der Waals surface area contributed by atoms with E-state index < -0.39 is 0 Å². The third kappa shape index (κ3) is 2.72. The van der Waals surface area contributed by atoms with E-state index in [0.29, 0.717) is 11.3 Å². The number of rotatable bonds is 4.